The van der Waals surface area contributed by atoms with Gasteiger partial charge in [0.05, 0.1) is 27.7 Å². The first-order chi connectivity index (χ1) is 13.6. The first-order valence-corrected chi connectivity index (χ1v) is 8.29. The van der Waals surface area contributed by atoms with Crippen molar-refractivity contribution in [2.75, 3.05) is 6.61 Å². The minimum Gasteiger partial charge on any atom is -0.502 e. The molecular formula is C18H18N4O7. The summed E-state index contributed by atoms with van der Waals surface area (Å²) in [5.41, 5.74) is 3.16. The number of nitro groups is 2. The van der Waals surface area contributed by atoms with Crippen molar-refractivity contribution in [1.82, 2.24) is 5.43 Å². The number of rotatable bonds is 7. The number of hydrogen-bond donors (Lipinski definition) is 2. The van der Waals surface area contributed by atoms with Crippen LogP contribution in [-0.2, 0) is 4.79 Å². The molecule has 0 spiro atoms. The monoisotopic (exact) mass is 402 g/mol. The highest BCUT2D eigenvalue weighted by Gasteiger charge is 2.23. The number of aromatic hydroxyl groups is 1. The first-order valence-electron chi connectivity index (χ1n) is 8.29. The molecule has 0 aliphatic heterocycles. The van der Waals surface area contributed by atoms with Gasteiger partial charge in [-0.15, -0.1) is 0 Å². The van der Waals surface area contributed by atoms with E-state index in [2.05, 4.69) is 10.5 Å². The molecule has 11 nitrogen and oxygen atoms in total. The molecule has 0 bridgehead atoms. The van der Waals surface area contributed by atoms with Crippen LogP contribution in [0.3, 0.4) is 0 Å². The number of hydrazone groups is 1. The van der Waals surface area contributed by atoms with Crippen LogP contribution in [0, 0.1) is 41.0 Å². The zero-order chi connectivity index (χ0) is 21.7. The molecule has 0 saturated heterocycles. The smallest absolute Gasteiger partial charge is 0.318 e. The third kappa shape index (κ3) is 5.03. The van der Waals surface area contributed by atoms with Gasteiger partial charge in [-0.1, -0.05) is 12.1 Å². The summed E-state index contributed by atoms with van der Waals surface area (Å²) in [5, 5.41) is 35.3. The number of ether oxygens (including phenoxy) is 1. The quantitative estimate of drug-likeness (QED) is 0.409. The Balaban J connectivity index is 2.10. The summed E-state index contributed by atoms with van der Waals surface area (Å²) in [7, 11) is 0. The Hall–Kier alpha value is -4.02. The van der Waals surface area contributed by atoms with Crippen LogP contribution < -0.4 is 10.2 Å². The average molecular weight is 402 g/mol. The van der Waals surface area contributed by atoms with E-state index in [4.69, 9.17) is 4.74 Å². The van der Waals surface area contributed by atoms with Crippen LogP contribution in [0.5, 0.6) is 11.5 Å². The largest absolute Gasteiger partial charge is 0.502 e. The maximum absolute atomic E-state index is 11.9. The standard InChI is InChI=1S/C18H18N4O7/c1-10-4-5-11(2)18(12(10)3)29-9-16(23)20-19-8-13-6-14(21(25)26)7-15(17(13)24)22(27)28/h4-8,24H,9H2,1-3H3,(H,20,23)/b19-8+. The zero-order valence-corrected chi connectivity index (χ0v) is 15.8. The van der Waals surface area contributed by atoms with Crippen LogP contribution in [0.2, 0.25) is 0 Å². The predicted octanol–water partition coefficient (Wildman–Crippen LogP) is 2.66. The highest BCUT2D eigenvalue weighted by atomic mass is 16.6. The molecule has 1 amide bonds. The number of amides is 1. The summed E-state index contributed by atoms with van der Waals surface area (Å²) in [4.78, 5) is 31.9. The Labute approximate surface area is 164 Å². The number of nitrogens with zero attached hydrogens (tertiary/aromatic N) is 3. The maximum Gasteiger partial charge on any atom is 0.318 e. The molecule has 2 aromatic rings. The van der Waals surface area contributed by atoms with Crippen LogP contribution in [0.15, 0.2) is 29.4 Å². The van der Waals surface area contributed by atoms with Gasteiger partial charge in [0, 0.05) is 6.07 Å². The second-order valence-corrected chi connectivity index (χ2v) is 6.15. The molecule has 0 aromatic heterocycles. The summed E-state index contributed by atoms with van der Waals surface area (Å²) >= 11 is 0. The zero-order valence-electron chi connectivity index (χ0n) is 15.8. The second kappa shape index (κ2) is 8.78. The van der Waals surface area contributed by atoms with Gasteiger partial charge in [-0.2, -0.15) is 5.10 Å². The van der Waals surface area contributed by atoms with Crippen molar-refractivity contribution in [2.24, 2.45) is 5.10 Å². The van der Waals surface area contributed by atoms with Crippen LogP contribution in [0.1, 0.15) is 22.3 Å². The Morgan fingerprint density at radius 2 is 1.83 bits per heavy atom. The van der Waals surface area contributed by atoms with E-state index in [1.54, 1.807) is 0 Å². The summed E-state index contributed by atoms with van der Waals surface area (Å²) in [6, 6.07) is 5.33. The molecule has 2 N–H and O–H groups in total. The van der Waals surface area contributed by atoms with Gasteiger partial charge in [-0.3, -0.25) is 25.0 Å². The van der Waals surface area contributed by atoms with E-state index in [-0.39, 0.29) is 12.2 Å². The van der Waals surface area contributed by atoms with Crippen LogP contribution >= 0.6 is 0 Å². The summed E-state index contributed by atoms with van der Waals surface area (Å²) in [6.07, 6.45) is 0.871. The van der Waals surface area contributed by atoms with Crippen molar-refractivity contribution in [3.63, 3.8) is 0 Å². The number of carbonyl (C=O) groups excluding carboxylic acids is 1. The number of carbonyl (C=O) groups is 1. The van der Waals surface area contributed by atoms with E-state index in [0.717, 1.165) is 29.0 Å². The molecule has 11 heteroatoms. The number of hydrogen-bond acceptors (Lipinski definition) is 8. The number of nitrogens with one attached hydrogen (secondary N) is 1. The Kier molecular flexibility index (Phi) is 6.44. The van der Waals surface area contributed by atoms with E-state index in [1.807, 2.05) is 32.9 Å². The topological polar surface area (TPSA) is 157 Å². The molecule has 2 aromatic carbocycles. The Morgan fingerprint density at radius 1 is 1.17 bits per heavy atom. The summed E-state index contributed by atoms with van der Waals surface area (Å²) < 4.78 is 5.52. The highest BCUT2D eigenvalue weighted by Crippen LogP contribution is 2.33. The van der Waals surface area contributed by atoms with Gasteiger partial charge in [0.2, 0.25) is 5.75 Å². The number of nitro benzene ring substituents is 2. The van der Waals surface area contributed by atoms with Crippen LogP contribution in [-0.4, -0.2) is 33.7 Å². The molecule has 0 saturated carbocycles. The van der Waals surface area contributed by atoms with Gasteiger partial charge in [0.25, 0.3) is 11.6 Å². The number of benzene rings is 2. The molecule has 0 heterocycles. The van der Waals surface area contributed by atoms with Crippen molar-refractivity contribution >= 4 is 23.5 Å². The lowest BCUT2D eigenvalue weighted by Crippen LogP contribution is -2.25. The maximum atomic E-state index is 11.9. The number of aryl methyl sites for hydroxylation is 2. The molecule has 2 rings (SSSR count). The molecule has 0 atom stereocenters. The summed E-state index contributed by atoms with van der Waals surface area (Å²) in [6.45, 7) is 5.28. The lowest BCUT2D eigenvalue weighted by Gasteiger charge is -2.13. The molecule has 29 heavy (non-hydrogen) atoms. The Bertz CT molecular complexity index is 1020. The van der Waals surface area contributed by atoms with Gasteiger partial charge in [-0.05, 0) is 37.5 Å². The lowest BCUT2D eigenvalue weighted by molar-refractivity contribution is -0.394. The molecule has 0 radical (unpaired) electrons. The van der Waals surface area contributed by atoms with E-state index < -0.39 is 32.9 Å². The molecule has 152 valence electrons. The molecule has 0 aliphatic rings. The number of phenols is 1. The van der Waals surface area contributed by atoms with Gasteiger partial charge in [-0.25, -0.2) is 5.43 Å². The average Bonchev–Trinajstić information content (AvgIpc) is 2.65. The third-order valence-electron chi connectivity index (χ3n) is 4.13. The van der Waals surface area contributed by atoms with Crippen molar-refractivity contribution < 1.29 is 24.5 Å². The van der Waals surface area contributed by atoms with Crippen molar-refractivity contribution in [3.05, 3.63) is 66.7 Å². The van der Waals surface area contributed by atoms with Crippen molar-refractivity contribution in [1.29, 1.82) is 0 Å². The highest BCUT2D eigenvalue weighted by molar-refractivity contribution is 5.88. The van der Waals surface area contributed by atoms with Gasteiger partial charge < -0.3 is 9.84 Å². The Morgan fingerprint density at radius 3 is 2.45 bits per heavy atom. The fourth-order valence-corrected chi connectivity index (χ4v) is 2.46. The predicted molar refractivity (Wildman–Crippen MR) is 103 cm³/mol. The van der Waals surface area contributed by atoms with E-state index in [0.29, 0.717) is 11.8 Å². The fraction of sp³-hybridized carbons (Fsp3) is 0.222. The molecule has 0 fully saturated rings. The van der Waals surface area contributed by atoms with E-state index in [1.165, 1.54) is 0 Å². The van der Waals surface area contributed by atoms with Crippen LogP contribution in [0.25, 0.3) is 0 Å². The van der Waals surface area contributed by atoms with Crippen LogP contribution in [0.4, 0.5) is 11.4 Å². The van der Waals surface area contributed by atoms with E-state index >= 15 is 0 Å². The third-order valence-corrected chi connectivity index (χ3v) is 4.13. The number of phenolic OH excluding ortho intramolecular Hbond substituents is 1. The minimum atomic E-state index is -0.960. The molecular weight excluding hydrogens is 384 g/mol. The van der Waals surface area contributed by atoms with Crippen molar-refractivity contribution in [3.8, 4) is 11.5 Å². The second-order valence-electron chi connectivity index (χ2n) is 6.15. The fourth-order valence-electron chi connectivity index (χ4n) is 2.46. The number of non-ortho nitro benzene ring substituents is 1. The SMILES string of the molecule is Cc1ccc(C)c(OCC(=O)N/N=C/c2cc([N+](=O)[O-])cc([N+](=O)[O-])c2O)c1C. The summed E-state index contributed by atoms with van der Waals surface area (Å²) in [5.74, 6) is -0.849. The van der Waals surface area contributed by atoms with E-state index in [9.17, 15) is 30.1 Å². The van der Waals surface area contributed by atoms with Gasteiger partial charge >= 0.3 is 5.69 Å². The first kappa shape index (κ1) is 21.3. The van der Waals surface area contributed by atoms with Gasteiger partial charge in [0.15, 0.2) is 6.61 Å². The lowest BCUT2D eigenvalue weighted by atomic mass is 10.1. The van der Waals surface area contributed by atoms with Gasteiger partial charge in [0.1, 0.15) is 5.75 Å². The molecule has 0 aliphatic carbocycles. The minimum absolute atomic E-state index is 0.294. The molecule has 0 unspecified atom stereocenters. The normalized spacial score (nSPS) is 10.7. The van der Waals surface area contributed by atoms with Crippen molar-refractivity contribution in [2.45, 2.75) is 20.8 Å².